The van der Waals surface area contributed by atoms with Gasteiger partial charge in [-0.15, -0.1) is 0 Å². The summed E-state index contributed by atoms with van der Waals surface area (Å²) in [6, 6.07) is 6.17. The third-order valence-electron chi connectivity index (χ3n) is 2.38. The first kappa shape index (κ1) is 12.6. The van der Waals surface area contributed by atoms with E-state index in [0.717, 1.165) is 0 Å². The molecule has 0 saturated heterocycles. The van der Waals surface area contributed by atoms with Crippen LogP contribution < -0.4 is 5.73 Å². The van der Waals surface area contributed by atoms with E-state index in [4.69, 9.17) is 5.73 Å². The highest BCUT2D eigenvalue weighted by Gasteiger charge is 2.14. The number of hydrogen-bond donors (Lipinski definition) is 1. The molecule has 0 spiro atoms. The Balaban J connectivity index is 2.30. The molecule has 0 saturated carbocycles. The Morgan fingerprint density at radius 2 is 2.33 bits per heavy atom. The number of hydrogen-bond acceptors (Lipinski definition) is 3. The number of nitrogens with two attached hydrogens (primary N) is 1. The number of primary amides is 1. The summed E-state index contributed by atoms with van der Waals surface area (Å²) in [5.74, 6) is -0.728. The van der Waals surface area contributed by atoms with Crippen LogP contribution in [-0.4, -0.2) is 20.7 Å². The molecule has 2 rings (SSSR count). The number of thioether (sulfide) groups is 1. The summed E-state index contributed by atoms with van der Waals surface area (Å²) in [7, 11) is 0. The van der Waals surface area contributed by atoms with Gasteiger partial charge in [-0.1, -0.05) is 17.8 Å². The first-order valence-corrected chi connectivity index (χ1v) is 6.21. The Morgan fingerprint density at radius 3 is 3.00 bits per heavy atom. The molecular weight excluding hydrogens is 253 g/mol. The van der Waals surface area contributed by atoms with Gasteiger partial charge in [0.2, 0.25) is 5.91 Å². The van der Waals surface area contributed by atoms with Crippen LogP contribution in [0.25, 0.3) is 5.69 Å². The minimum Gasteiger partial charge on any atom is -0.369 e. The van der Waals surface area contributed by atoms with Gasteiger partial charge in [0.1, 0.15) is 5.82 Å². The standard InChI is InChI=1S/C12H12FN3OS/c1-8(11(14)17)18-12-15-5-6-16(12)10-4-2-3-9(13)7-10/h2-8H,1H3,(H2,14,17). The Morgan fingerprint density at radius 1 is 1.56 bits per heavy atom. The number of aromatic nitrogens is 2. The van der Waals surface area contributed by atoms with Crippen LogP contribution in [-0.2, 0) is 4.79 Å². The molecule has 0 radical (unpaired) electrons. The maximum atomic E-state index is 13.2. The second-order valence-electron chi connectivity index (χ2n) is 3.72. The molecule has 0 aliphatic rings. The van der Waals surface area contributed by atoms with Crippen molar-refractivity contribution in [2.75, 3.05) is 0 Å². The van der Waals surface area contributed by atoms with Gasteiger partial charge in [-0.05, 0) is 25.1 Å². The van der Waals surface area contributed by atoms with Gasteiger partial charge < -0.3 is 5.73 Å². The highest BCUT2D eigenvalue weighted by atomic mass is 32.2. The smallest absolute Gasteiger partial charge is 0.230 e. The van der Waals surface area contributed by atoms with Gasteiger partial charge >= 0.3 is 0 Å². The van der Waals surface area contributed by atoms with Gasteiger partial charge in [-0.3, -0.25) is 9.36 Å². The quantitative estimate of drug-likeness (QED) is 0.860. The molecule has 1 aromatic heterocycles. The second kappa shape index (κ2) is 5.22. The minimum absolute atomic E-state index is 0.319. The molecule has 1 aromatic carbocycles. The van der Waals surface area contributed by atoms with Crippen molar-refractivity contribution in [2.24, 2.45) is 5.73 Å². The number of halogens is 1. The van der Waals surface area contributed by atoms with Gasteiger partial charge in [-0.2, -0.15) is 0 Å². The van der Waals surface area contributed by atoms with Crippen molar-refractivity contribution in [3.05, 3.63) is 42.5 Å². The Hall–Kier alpha value is -1.82. The summed E-state index contributed by atoms with van der Waals surface area (Å²) in [6.07, 6.45) is 3.31. The molecule has 18 heavy (non-hydrogen) atoms. The van der Waals surface area contributed by atoms with E-state index in [-0.39, 0.29) is 11.1 Å². The van der Waals surface area contributed by atoms with Gasteiger partial charge in [0.25, 0.3) is 0 Å². The lowest BCUT2D eigenvalue weighted by atomic mass is 10.3. The van der Waals surface area contributed by atoms with Gasteiger partial charge in [-0.25, -0.2) is 9.37 Å². The fraction of sp³-hybridized carbons (Fsp3) is 0.167. The molecule has 0 fully saturated rings. The molecule has 1 unspecified atom stereocenters. The number of imidazole rings is 1. The summed E-state index contributed by atoms with van der Waals surface area (Å²) in [5.41, 5.74) is 5.87. The fourth-order valence-corrected chi connectivity index (χ4v) is 2.25. The summed E-state index contributed by atoms with van der Waals surface area (Å²) >= 11 is 1.24. The third-order valence-corrected chi connectivity index (χ3v) is 3.47. The van der Waals surface area contributed by atoms with Gasteiger partial charge in [0, 0.05) is 12.4 Å². The molecule has 0 bridgehead atoms. The number of carbonyl (C=O) groups excluding carboxylic acids is 1. The van der Waals surface area contributed by atoms with Crippen molar-refractivity contribution in [3.8, 4) is 5.69 Å². The maximum Gasteiger partial charge on any atom is 0.230 e. The molecule has 1 amide bonds. The molecule has 1 heterocycles. The van der Waals surface area contributed by atoms with E-state index < -0.39 is 5.91 Å². The lowest BCUT2D eigenvalue weighted by Gasteiger charge is -2.10. The molecule has 94 valence electrons. The van der Waals surface area contributed by atoms with Crippen LogP contribution in [0, 0.1) is 5.82 Å². The highest BCUT2D eigenvalue weighted by molar-refractivity contribution is 8.00. The van der Waals surface area contributed by atoms with Crippen LogP contribution in [0.3, 0.4) is 0 Å². The number of rotatable bonds is 4. The zero-order valence-electron chi connectivity index (χ0n) is 9.71. The summed E-state index contributed by atoms with van der Waals surface area (Å²) in [4.78, 5) is 15.2. The molecule has 4 nitrogen and oxygen atoms in total. The predicted molar refractivity (Wildman–Crippen MR) is 68.0 cm³/mol. The highest BCUT2D eigenvalue weighted by Crippen LogP contribution is 2.24. The van der Waals surface area contributed by atoms with Crippen molar-refractivity contribution < 1.29 is 9.18 Å². The maximum absolute atomic E-state index is 13.2. The van der Waals surface area contributed by atoms with Crippen molar-refractivity contribution in [2.45, 2.75) is 17.3 Å². The van der Waals surface area contributed by atoms with E-state index in [0.29, 0.717) is 10.8 Å². The van der Waals surface area contributed by atoms with E-state index in [9.17, 15) is 9.18 Å². The van der Waals surface area contributed by atoms with Crippen LogP contribution >= 0.6 is 11.8 Å². The van der Waals surface area contributed by atoms with Crippen molar-refractivity contribution in [1.29, 1.82) is 0 Å². The Labute approximate surface area is 108 Å². The summed E-state index contributed by atoms with van der Waals surface area (Å²) in [5, 5.41) is 0.214. The van der Waals surface area contributed by atoms with E-state index >= 15 is 0 Å². The summed E-state index contributed by atoms with van der Waals surface area (Å²) < 4.78 is 14.9. The SMILES string of the molecule is CC(Sc1nccn1-c1cccc(F)c1)C(N)=O. The average molecular weight is 265 g/mol. The lowest BCUT2D eigenvalue weighted by molar-refractivity contribution is -0.117. The van der Waals surface area contributed by atoms with Crippen molar-refractivity contribution in [3.63, 3.8) is 0 Å². The largest absolute Gasteiger partial charge is 0.369 e. The zero-order valence-corrected chi connectivity index (χ0v) is 10.5. The zero-order chi connectivity index (χ0) is 13.1. The lowest BCUT2D eigenvalue weighted by Crippen LogP contribution is -2.22. The number of carbonyl (C=O) groups is 1. The summed E-state index contributed by atoms with van der Waals surface area (Å²) in [6.45, 7) is 1.71. The van der Waals surface area contributed by atoms with Gasteiger partial charge in [0.15, 0.2) is 5.16 Å². The van der Waals surface area contributed by atoms with Crippen LogP contribution in [0.1, 0.15) is 6.92 Å². The topological polar surface area (TPSA) is 60.9 Å². The first-order chi connectivity index (χ1) is 8.58. The van der Waals surface area contributed by atoms with Crippen LogP contribution in [0.15, 0.2) is 41.8 Å². The van der Waals surface area contributed by atoms with Crippen molar-refractivity contribution in [1.82, 2.24) is 9.55 Å². The van der Waals surface area contributed by atoms with Gasteiger partial charge in [0.05, 0.1) is 10.9 Å². The molecule has 2 N–H and O–H groups in total. The van der Waals surface area contributed by atoms with Crippen LogP contribution in [0.2, 0.25) is 0 Å². The van der Waals surface area contributed by atoms with Crippen LogP contribution in [0.4, 0.5) is 4.39 Å². The predicted octanol–water partition coefficient (Wildman–Crippen LogP) is 1.98. The fourth-order valence-electron chi connectivity index (χ4n) is 1.42. The Bertz CT molecular complexity index is 570. The number of amides is 1. The van der Waals surface area contributed by atoms with E-state index in [2.05, 4.69) is 4.98 Å². The van der Waals surface area contributed by atoms with E-state index in [1.165, 1.54) is 23.9 Å². The molecule has 0 aliphatic heterocycles. The van der Waals surface area contributed by atoms with E-state index in [1.807, 2.05) is 0 Å². The van der Waals surface area contributed by atoms with E-state index in [1.54, 1.807) is 36.0 Å². The molecule has 1 atom stereocenters. The number of nitrogens with zero attached hydrogens (tertiary/aromatic N) is 2. The van der Waals surface area contributed by atoms with Crippen molar-refractivity contribution >= 4 is 17.7 Å². The minimum atomic E-state index is -0.409. The average Bonchev–Trinajstić information content (AvgIpc) is 2.77. The van der Waals surface area contributed by atoms with Crippen LogP contribution in [0.5, 0.6) is 0 Å². The first-order valence-electron chi connectivity index (χ1n) is 5.33. The molecule has 2 aromatic rings. The molecule has 0 aliphatic carbocycles. The third kappa shape index (κ3) is 2.70. The Kier molecular flexibility index (Phi) is 3.66. The second-order valence-corrected chi connectivity index (χ2v) is 5.03. The monoisotopic (exact) mass is 265 g/mol. The molecular formula is C12H12FN3OS. The normalized spacial score (nSPS) is 12.3. The number of benzene rings is 1. The molecule has 6 heteroatoms.